The Bertz CT molecular complexity index is 294. The van der Waals surface area contributed by atoms with Gasteiger partial charge in [-0.15, -0.1) is 0 Å². The minimum Gasteiger partial charge on any atom is -0.378 e. The number of hydrogen-bond donors (Lipinski definition) is 1. The summed E-state index contributed by atoms with van der Waals surface area (Å²) in [4.78, 5) is 25.8. The summed E-state index contributed by atoms with van der Waals surface area (Å²) >= 11 is 0. The minimum atomic E-state index is -0.337. The van der Waals surface area contributed by atoms with E-state index in [-0.39, 0.29) is 23.8 Å². The van der Waals surface area contributed by atoms with Crippen LogP contribution in [-0.4, -0.2) is 55.0 Å². The zero-order valence-electron chi connectivity index (χ0n) is 11.6. The fourth-order valence-corrected chi connectivity index (χ4v) is 2.15. The van der Waals surface area contributed by atoms with Crippen LogP contribution < -0.4 is 5.32 Å². The lowest BCUT2D eigenvalue weighted by Gasteiger charge is -2.37. The van der Waals surface area contributed by atoms with Crippen molar-refractivity contribution in [3.05, 3.63) is 0 Å². The third-order valence-corrected chi connectivity index (χ3v) is 3.33. The highest BCUT2D eigenvalue weighted by molar-refractivity contribution is 5.86. The molecule has 1 saturated heterocycles. The zero-order valence-corrected chi connectivity index (χ0v) is 11.6. The van der Waals surface area contributed by atoms with Crippen molar-refractivity contribution in [1.82, 2.24) is 10.2 Å². The summed E-state index contributed by atoms with van der Waals surface area (Å²) in [5.41, 5.74) is 0. The van der Waals surface area contributed by atoms with Crippen molar-refractivity contribution in [3.63, 3.8) is 0 Å². The number of morpholine rings is 1. The molecule has 0 radical (unpaired) electrons. The molecule has 1 amide bonds. The lowest BCUT2D eigenvalue weighted by Crippen LogP contribution is -2.58. The first-order chi connectivity index (χ1) is 8.61. The van der Waals surface area contributed by atoms with Gasteiger partial charge in [0.05, 0.1) is 19.3 Å². The van der Waals surface area contributed by atoms with E-state index in [0.29, 0.717) is 32.7 Å². The van der Waals surface area contributed by atoms with Crippen molar-refractivity contribution in [2.75, 3.05) is 26.3 Å². The summed E-state index contributed by atoms with van der Waals surface area (Å²) in [6.45, 7) is 7.99. The molecule has 0 saturated carbocycles. The maximum atomic E-state index is 12.0. The molecule has 104 valence electrons. The number of Topliss-reactive ketones (excluding diaryl/α,β-unsaturated/α-hetero) is 1. The predicted octanol–water partition coefficient (Wildman–Crippen LogP) is 0.581. The zero-order chi connectivity index (χ0) is 13.5. The van der Waals surface area contributed by atoms with Gasteiger partial charge in [-0.2, -0.15) is 0 Å². The molecule has 0 aliphatic carbocycles. The molecule has 1 N–H and O–H groups in total. The van der Waals surface area contributed by atoms with Crippen LogP contribution in [0.3, 0.4) is 0 Å². The van der Waals surface area contributed by atoms with Gasteiger partial charge in [0.25, 0.3) is 0 Å². The Kier molecular flexibility index (Phi) is 6.29. The number of nitrogens with one attached hydrogen (secondary N) is 1. The van der Waals surface area contributed by atoms with Crippen LogP contribution in [0.4, 0.5) is 0 Å². The molecule has 18 heavy (non-hydrogen) atoms. The van der Waals surface area contributed by atoms with Gasteiger partial charge in [-0.05, 0) is 13.3 Å². The average Bonchev–Trinajstić information content (AvgIpc) is 2.43. The Balaban J connectivity index is 2.67. The third-order valence-electron chi connectivity index (χ3n) is 3.33. The standard InChI is InChI=1S/C13H24N2O3/c1-4-6-14-13(17)11-9-18-8-7-15(11)10(3)12(16)5-2/h10-11H,4-9H2,1-3H3,(H,14,17). The lowest BCUT2D eigenvalue weighted by molar-refractivity contribution is -0.138. The second-order valence-corrected chi connectivity index (χ2v) is 4.62. The van der Waals surface area contributed by atoms with Gasteiger partial charge in [0.2, 0.25) is 5.91 Å². The van der Waals surface area contributed by atoms with Gasteiger partial charge in [0.15, 0.2) is 0 Å². The van der Waals surface area contributed by atoms with Crippen LogP contribution in [0.5, 0.6) is 0 Å². The molecule has 2 atom stereocenters. The average molecular weight is 256 g/mol. The van der Waals surface area contributed by atoms with Crippen LogP contribution in [-0.2, 0) is 14.3 Å². The first-order valence-corrected chi connectivity index (χ1v) is 6.75. The summed E-state index contributed by atoms with van der Waals surface area (Å²) in [5.74, 6) is 0.137. The second-order valence-electron chi connectivity index (χ2n) is 4.62. The largest absolute Gasteiger partial charge is 0.378 e. The van der Waals surface area contributed by atoms with Gasteiger partial charge in [-0.1, -0.05) is 13.8 Å². The molecule has 0 bridgehead atoms. The molecule has 5 heteroatoms. The van der Waals surface area contributed by atoms with E-state index >= 15 is 0 Å². The van der Waals surface area contributed by atoms with E-state index in [9.17, 15) is 9.59 Å². The smallest absolute Gasteiger partial charge is 0.239 e. The minimum absolute atomic E-state index is 0.0349. The molecule has 0 spiro atoms. The highest BCUT2D eigenvalue weighted by Crippen LogP contribution is 2.13. The highest BCUT2D eigenvalue weighted by atomic mass is 16.5. The van der Waals surface area contributed by atoms with E-state index in [1.807, 2.05) is 25.7 Å². The Morgan fingerprint density at radius 2 is 2.17 bits per heavy atom. The van der Waals surface area contributed by atoms with E-state index in [1.54, 1.807) is 0 Å². The summed E-state index contributed by atoms with van der Waals surface area (Å²) in [7, 11) is 0. The van der Waals surface area contributed by atoms with Gasteiger partial charge in [0, 0.05) is 19.5 Å². The fraction of sp³-hybridized carbons (Fsp3) is 0.846. The second kappa shape index (κ2) is 7.48. The molecule has 1 heterocycles. The van der Waals surface area contributed by atoms with Gasteiger partial charge in [-0.3, -0.25) is 14.5 Å². The van der Waals surface area contributed by atoms with Crippen molar-refractivity contribution in [2.24, 2.45) is 0 Å². The van der Waals surface area contributed by atoms with Crippen molar-refractivity contribution >= 4 is 11.7 Å². The van der Waals surface area contributed by atoms with Gasteiger partial charge >= 0.3 is 0 Å². The predicted molar refractivity (Wildman–Crippen MR) is 69.4 cm³/mol. The summed E-state index contributed by atoms with van der Waals surface area (Å²) in [6, 6.07) is -0.549. The maximum absolute atomic E-state index is 12.0. The number of ketones is 1. The van der Waals surface area contributed by atoms with Gasteiger partial charge < -0.3 is 10.1 Å². The van der Waals surface area contributed by atoms with E-state index in [4.69, 9.17) is 4.74 Å². The van der Waals surface area contributed by atoms with Crippen LogP contribution in [0.2, 0.25) is 0 Å². The number of ether oxygens (including phenoxy) is 1. The summed E-state index contributed by atoms with van der Waals surface area (Å²) in [6.07, 6.45) is 1.41. The quantitative estimate of drug-likeness (QED) is 0.755. The van der Waals surface area contributed by atoms with Crippen LogP contribution in [0.15, 0.2) is 0 Å². The van der Waals surface area contributed by atoms with Gasteiger partial charge in [-0.25, -0.2) is 0 Å². The van der Waals surface area contributed by atoms with Crippen LogP contribution in [0, 0.1) is 0 Å². The molecule has 1 aliphatic rings. The molecule has 1 rings (SSSR count). The van der Waals surface area contributed by atoms with Crippen molar-refractivity contribution < 1.29 is 14.3 Å². The number of hydrogen-bond acceptors (Lipinski definition) is 4. The SMILES string of the molecule is CCCNC(=O)C1COCCN1C(C)C(=O)CC. The molecule has 1 fully saturated rings. The first kappa shape index (κ1) is 15.1. The van der Waals surface area contributed by atoms with E-state index in [2.05, 4.69) is 5.32 Å². The number of rotatable bonds is 6. The molecular formula is C13H24N2O3. The van der Waals surface area contributed by atoms with E-state index < -0.39 is 0 Å². The molecule has 0 aromatic carbocycles. The number of amides is 1. The number of carbonyl (C=O) groups is 2. The molecule has 0 aromatic heterocycles. The Labute approximate surface area is 109 Å². The van der Waals surface area contributed by atoms with Crippen molar-refractivity contribution in [1.29, 1.82) is 0 Å². The lowest BCUT2D eigenvalue weighted by atomic mass is 10.1. The van der Waals surface area contributed by atoms with Gasteiger partial charge in [0.1, 0.15) is 11.8 Å². The van der Waals surface area contributed by atoms with Crippen molar-refractivity contribution in [2.45, 2.75) is 45.7 Å². The Hall–Kier alpha value is -0.940. The summed E-state index contributed by atoms with van der Waals surface area (Å²) in [5, 5.41) is 2.87. The normalized spacial score (nSPS) is 22.5. The number of carbonyl (C=O) groups excluding carboxylic acids is 2. The van der Waals surface area contributed by atoms with Crippen LogP contribution >= 0.6 is 0 Å². The monoisotopic (exact) mass is 256 g/mol. The van der Waals surface area contributed by atoms with E-state index in [0.717, 1.165) is 6.42 Å². The summed E-state index contributed by atoms with van der Waals surface area (Å²) < 4.78 is 5.36. The maximum Gasteiger partial charge on any atom is 0.239 e. The van der Waals surface area contributed by atoms with Crippen molar-refractivity contribution in [3.8, 4) is 0 Å². The van der Waals surface area contributed by atoms with E-state index in [1.165, 1.54) is 0 Å². The molecule has 5 nitrogen and oxygen atoms in total. The Morgan fingerprint density at radius 1 is 1.44 bits per heavy atom. The van der Waals surface area contributed by atoms with Crippen LogP contribution in [0.1, 0.15) is 33.6 Å². The molecule has 2 unspecified atom stereocenters. The molecule has 1 aliphatic heterocycles. The number of nitrogens with zero attached hydrogens (tertiary/aromatic N) is 1. The van der Waals surface area contributed by atoms with Crippen LogP contribution in [0.25, 0.3) is 0 Å². The molecular weight excluding hydrogens is 232 g/mol. The third kappa shape index (κ3) is 3.78. The first-order valence-electron chi connectivity index (χ1n) is 6.75. The fourth-order valence-electron chi connectivity index (χ4n) is 2.15. The topological polar surface area (TPSA) is 58.6 Å². The molecule has 0 aromatic rings. The highest BCUT2D eigenvalue weighted by Gasteiger charge is 2.34. The Morgan fingerprint density at radius 3 is 2.78 bits per heavy atom.